The molecule has 2 N–H and O–H groups in total. The third-order valence-electron chi connectivity index (χ3n) is 4.29. The van der Waals surface area contributed by atoms with Crippen LogP contribution in [0.4, 0.5) is 0 Å². The van der Waals surface area contributed by atoms with Crippen LogP contribution in [0.2, 0.25) is 0 Å². The van der Waals surface area contributed by atoms with Gasteiger partial charge in [0.2, 0.25) is 0 Å². The number of hydrogen-bond donors (Lipinski definition) is 1. The summed E-state index contributed by atoms with van der Waals surface area (Å²) >= 11 is 3.58. The molecule has 0 saturated heterocycles. The zero-order valence-corrected chi connectivity index (χ0v) is 14.5. The molecule has 1 aromatic carbocycles. The summed E-state index contributed by atoms with van der Waals surface area (Å²) in [5, 5.41) is 0. The van der Waals surface area contributed by atoms with Gasteiger partial charge >= 0.3 is 0 Å². The highest BCUT2D eigenvalue weighted by atomic mass is 79.9. The van der Waals surface area contributed by atoms with Crippen molar-refractivity contribution in [3.8, 4) is 0 Å². The van der Waals surface area contributed by atoms with Gasteiger partial charge in [0.15, 0.2) is 0 Å². The van der Waals surface area contributed by atoms with Crippen LogP contribution in [0, 0.1) is 5.41 Å². The molecule has 0 spiro atoms. The Morgan fingerprint density at radius 2 is 2.15 bits per heavy atom. The second-order valence-electron chi connectivity index (χ2n) is 6.74. The highest BCUT2D eigenvalue weighted by Gasteiger charge is 2.30. The molecule has 3 heteroatoms. The minimum atomic E-state index is 0.188. The van der Waals surface area contributed by atoms with Crippen LogP contribution in [0.1, 0.15) is 50.8 Å². The van der Waals surface area contributed by atoms with E-state index in [1.165, 1.54) is 34.9 Å². The molecule has 0 aliphatic heterocycles. The Morgan fingerprint density at radius 1 is 1.40 bits per heavy atom. The maximum atomic E-state index is 5.93. The van der Waals surface area contributed by atoms with Crippen LogP contribution in [0.5, 0.6) is 0 Å². The third kappa shape index (κ3) is 3.63. The number of nitrogens with zero attached hydrogens (tertiary/aromatic N) is 1. The fourth-order valence-corrected chi connectivity index (χ4v) is 3.60. The average Bonchev–Trinajstić information content (AvgIpc) is 2.81. The first-order valence-electron chi connectivity index (χ1n) is 7.69. The van der Waals surface area contributed by atoms with Crippen molar-refractivity contribution in [3.63, 3.8) is 0 Å². The molecule has 20 heavy (non-hydrogen) atoms. The molecule has 112 valence electrons. The molecule has 1 aliphatic rings. The largest absolute Gasteiger partial charge is 0.330 e. The Kier molecular flexibility index (Phi) is 5.27. The second kappa shape index (κ2) is 6.59. The number of hydrogen-bond acceptors (Lipinski definition) is 2. The molecule has 1 atom stereocenters. The van der Waals surface area contributed by atoms with Gasteiger partial charge in [-0.05, 0) is 61.0 Å². The highest BCUT2D eigenvalue weighted by Crippen LogP contribution is 2.38. The van der Waals surface area contributed by atoms with Crippen LogP contribution in [0.15, 0.2) is 22.7 Å². The third-order valence-corrected chi connectivity index (χ3v) is 4.78. The molecule has 1 unspecified atom stereocenters. The first kappa shape index (κ1) is 16.0. The van der Waals surface area contributed by atoms with Gasteiger partial charge in [0.1, 0.15) is 0 Å². The molecule has 0 fully saturated rings. The molecular weight excluding hydrogens is 312 g/mol. The number of fused-ring (bicyclic) bond motifs is 1. The van der Waals surface area contributed by atoms with Crippen molar-refractivity contribution in [3.05, 3.63) is 33.8 Å². The van der Waals surface area contributed by atoms with Gasteiger partial charge in [0.25, 0.3) is 0 Å². The predicted octanol–water partition coefficient (Wildman–Crippen LogP) is 4.13. The summed E-state index contributed by atoms with van der Waals surface area (Å²) in [5.74, 6) is 0. The summed E-state index contributed by atoms with van der Waals surface area (Å²) in [4.78, 5) is 2.65. The number of halogens is 1. The van der Waals surface area contributed by atoms with Crippen molar-refractivity contribution < 1.29 is 0 Å². The van der Waals surface area contributed by atoms with Crippen LogP contribution >= 0.6 is 15.9 Å². The summed E-state index contributed by atoms with van der Waals surface area (Å²) < 4.78 is 1.20. The monoisotopic (exact) mass is 338 g/mol. The van der Waals surface area contributed by atoms with Gasteiger partial charge < -0.3 is 5.73 Å². The molecule has 0 aromatic heterocycles. The van der Waals surface area contributed by atoms with E-state index in [1.54, 1.807) is 0 Å². The first-order chi connectivity index (χ1) is 9.46. The maximum absolute atomic E-state index is 5.93. The Bertz CT molecular complexity index is 456. The number of benzene rings is 1. The van der Waals surface area contributed by atoms with Gasteiger partial charge in [-0.25, -0.2) is 0 Å². The van der Waals surface area contributed by atoms with Crippen LogP contribution in [0.3, 0.4) is 0 Å². The topological polar surface area (TPSA) is 29.3 Å². The molecule has 2 nitrogen and oxygen atoms in total. The van der Waals surface area contributed by atoms with Gasteiger partial charge in [0.05, 0.1) is 0 Å². The van der Waals surface area contributed by atoms with Crippen molar-refractivity contribution in [2.24, 2.45) is 11.1 Å². The molecule has 0 bridgehead atoms. The van der Waals surface area contributed by atoms with E-state index in [0.29, 0.717) is 6.04 Å². The molecule has 1 aliphatic carbocycles. The lowest BCUT2D eigenvalue weighted by molar-refractivity contribution is 0.132. The minimum absolute atomic E-state index is 0.188. The summed E-state index contributed by atoms with van der Waals surface area (Å²) in [6.45, 7) is 9.79. The van der Waals surface area contributed by atoms with Crippen molar-refractivity contribution in [1.29, 1.82) is 0 Å². The van der Waals surface area contributed by atoms with Crippen molar-refractivity contribution in [1.82, 2.24) is 4.90 Å². The van der Waals surface area contributed by atoms with E-state index in [2.05, 4.69) is 59.8 Å². The predicted molar refractivity (Wildman–Crippen MR) is 89.9 cm³/mol. The molecule has 2 rings (SSSR count). The minimum Gasteiger partial charge on any atom is -0.330 e. The molecule has 0 heterocycles. The van der Waals surface area contributed by atoms with Crippen LogP contribution < -0.4 is 5.73 Å². The van der Waals surface area contributed by atoms with E-state index in [-0.39, 0.29) is 5.41 Å². The number of nitrogens with two attached hydrogens (primary N) is 1. The van der Waals surface area contributed by atoms with E-state index >= 15 is 0 Å². The fraction of sp³-hybridized carbons (Fsp3) is 0.647. The van der Waals surface area contributed by atoms with Crippen LogP contribution in [-0.2, 0) is 6.42 Å². The van der Waals surface area contributed by atoms with Gasteiger partial charge in [-0.1, -0.05) is 42.8 Å². The summed E-state index contributed by atoms with van der Waals surface area (Å²) in [5.41, 5.74) is 9.15. The Labute approximate surface area is 131 Å². The van der Waals surface area contributed by atoms with E-state index in [4.69, 9.17) is 5.73 Å². The maximum Gasteiger partial charge on any atom is 0.0354 e. The molecular formula is C17H27BrN2. The average molecular weight is 339 g/mol. The van der Waals surface area contributed by atoms with E-state index in [0.717, 1.165) is 19.6 Å². The Morgan fingerprint density at radius 3 is 2.80 bits per heavy atom. The first-order valence-corrected chi connectivity index (χ1v) is 8.48. The van der Waals surface area contributed by atoms with E-state index in [9.17, 15) is 0 Å². The zero-order chi connectivity index (χ0) is 14.8. The smallest absolute Gasteiger partial charge is 0.0354 e. The van der Waals surface area contributed by atoms with E-state index in [1.807, 2.05) is 0 Å². The standard InChI is InChI=1S/C17H27BrN2/c1-4-9-20(12-17(2,3)11-19)16-8-5-13-10-14(18)6-7-15(13)16/h6-7,10,16H,4-5,8-9,11-12,19H2,1-3H3. The molecule has 0 radical (unpaired) electrons. The van der Waals surface area contributed by atoms with Crippen LogP contribution in [-0.4, -0.2) is 24.5 Å². The number of aryl methyl sites for hydroxylation is 1. The summed E-state index contributed by atoms with van der Waals surface area (Å²) in [6.07, 6.45) is 3.64. The number of rotatable bonds is 6. The van der Waals surface area contributed by atoms with Gasteiger partial charge in [-0.15, -0.1) is 0 Å². The van der Waals surface area contributed by atoms with Crippen molar-refractivity contribution in [2.75, 3.05) is 19.6 Å². The molecule has 0 amide bonds. The van der Waals surface area contributed by atoms with Crippen molar-refractivity contribution >= 4 is 15.9 Å². The Balaban J connectivity index is 2.20. The lowest BCUT2D eigenvalue weighted by Crippen LogP contribution is -2.40. The van der Waals surface area contributed by atoms with Gasteiger partial charge in [-0.2, -0.15) is 0 Å². The SMILES string of the molecule is CCCN(CC(C)(C)CN)C1CCc2cc(Br)ccc21. The zero-order valence-electron chi connectivity index (χ0n) is 13.0. The highest BCUT2D eigenvalue weighted by molar-refractivity contribution is 9.10. The second-order valence-corrected chi connectivity index (χ2v) is 7.65. The van der Waals surface area contributed by atoms with Crippen LogP contribution in [0.25, 0.3) is 0 Å². The lowest BCUT2D eigenvalue weighted by Gasteiger charge is -2.36. The summed E-state index contributed by atoms with van der Waals surface area (Å²) in [6, 6.07) is 7.34. The normalized spacial score (nSPS) is 18.6. The van der Waals surface area contributed by atoms with Crippen molar-refractivity contribution in [2.45, 2.75) is 46.1 Å². The summed E-state index contributed by atoms with van der Waals surface area (Å²) in [7, 11) is 0. The quantitative estimate of drug-likeness (QED) is 0.844. The Hall–Kier alpha value is -0.380. The van der Waals surface area contributed by atoms with Gasteiger partial charge in [0, 0.05) is 17.1 Å². The van der Waals surface area contributed by atoms with Gasteiger partial charge in [-0.3, -0.25) is 4.90 Å². The lowest BCUT2D eigenvalue weighted by atomic mass is 9.91. The molecule has 1 aromatic rings. The van der Waals surface area contributed by atoms with E-state index < -0.39 is 0 Å². The fourth-order valence-electron chi connectivity index (χ4n) is 3.19. The molecule has 0 saturated carbocycles.